The molecule has 0 aromatic heterocycles. The van der Waals surface area contributed by atoms with E-state index in [2.05, 4.69) is 28.6 Å². The molecule has 2 aliphatic rings. The smallest absolute Gasteiger partial charge is 0.191 e. The summed E-state index contributed by atoms with van der Waals surface area (Å²) in [6.45, 7) is 9.77. The quantitative estimate of drug-likeness (QED) is 0.841. The van der Waals surface area contributed by atoms with Crippen LogP contribution in [0.3, 0.4) is 0 Å². The predicted molar refractivity (Wildman–Crippen MR) is 86.0 cm³/mol. The fraction of sp³-hybridized carbons (Fsp3) is 0.938. The van der Waals surface area contributed by atoms with E-state index in [1.54, 1.807) is 0 Å². The molecular formula is C16H32N4. The molecule has 2 N–H and O–H groups in total. The van der Waals surface area contributed by atoms with E-state index in [-0.39, 0.29) is 5.54 Å². The lowest BCUT2D eigenvalue weighted by Crippen LogP contribution is -2.54. The second kappa shape index (κ2) is 7.30. The average molecular weight is 280 g/mol. The summed E-state index contributed by atoms with van der Waals surface area (Å²) < 4.78 is 0. The normalized spacial score (nSPS) is 22.9. The van der Waals surface area contributed by atoms with Crippen LogP contribution in [-0.4, -0.2) is 54.0 Å². The van der Waals surface area contributed by atoms with Crippen molar-refractivity contribution in [1.82, 2.24) is 9.80 Å². The van der Waals surface area contributed by atoms with Crippen LogP contribution in [0.5, 0.6) is 0 Å². The first-order valence-corrected chi connectivity index (χ1v) is 8.52. The van der Waals surface area contributed by atoms with Crippen LogP contribution in [0.15, 0.2) is 4.99 Å². The summed E-state index contributed by atoms with van der Waals surface area (Å²) in [5.41, 5.74) is 6.45. The fourth-order valence-corrected chi connectivity index (χ4v) is 3.77. The minimum Gasteiger partial charge on any atom is -0.370 e. The second-order valence-corrected chi connectivity index (χ2v) is 6.35. The SMILES string of the molecule is CCN(CC)CCN1C(N)=NCC12CCCCCCC2. The Labute approximate surface area is 124 Å². The Hall–Kier alpha value is -0.770. The summed E-state index contributed by atoms with van der Waals surface area (Å²) in [7, 11) is 0. The van der Waals surface area contributed by atoms with Crippen molar-refractivity contribution < 1.29 is 0 Å². The minimum absolute atomic E-state index is 0.248. The van der Waals surface area contributed by atoms with Gasteiger partial charge in [-0.15, -0.1) is 0 Å². The molecule has 0 unspecified atom stereocenters. The highest BCUT2D eigenvalue weighted by Crippen LogP contribution is 2.35. The van der Waals surface area contributed by atoms with E-state index in [9.17, 15) is 0 Å². The van der Waals surface area contributed by atoms with E-state index >= 15 is 0 Å². The highest BCUT2D eigenvalue weighted by atomic mass is 15.4. The third-order valence-corrected chi connectivity index (χ3v) is 5.20. The van der Waals surface area contributed by atoms with Gasteiger partial charge in [0.05, 0.1) is 12.1 Å². The Bertz CT molecular complexity index is 314. The molecule has 0 aromatic rings. The number of hydrogen-bond donors (Lipinski definition) is 1. The van der Waals surface area contributed by atoms with Crippen molar-refractivity contribution in [3.63, 3.8) is 0 Å². The van der Waals surface area contributed by atoms with Crippen LogP contribution >= 0.6 is 0 Å². The molecule has 1 spiro atoms. The molecule has 1 aliphatic heterocycles. The van der Waals surface area contributed by atoms with Gasteiger partial charge < -0.3 is 15.5 Å². The zero-order chi connectivity index (χ0) is 14.4. The molecule has 1 fully saturated rings. The highest BCUT2D eigenvalue weighted by Gasteiger charge is 2.41. The van der Waals surface area contributed by atoms with Gasteiger partial charge in [0, 0.05) is 13.1 Å². The van der Waals surface area contributed by atoms with E-state index < -0.39 is 0 Å². The Balaban J connectivity index is 2.00. The number of aliphatic imine (C=N–C) groups is 1. The van der Waals surface area contributed by atoms with E-state index in [0.717, 1.165) is 38.7 Å². The molecule has 0 saturated heterocycles. The lowest BCUT2D eigenvalue weighted by atomic mass is 9.83. The van der Waals surface area contributed by atoms with Crippen LogP contribution in [0.2, 0.25) is 0 Å². The van der Waals surface area contributed by atoms with Gasteiger partial charge in [0.15, 0.2) is 5.96 Å². The maximum absolute atomic E-state index is 6.20. The Morgan fingerprint density at radius 2 is 1.70 bits per heavy atom. The predicted octanol–water partition coefficient (Wildman–Crippen LogP) is 2.44. The first-order chi connectivity index (χ1) is 9.72. The average Bonchev–Trinajstić information content (AvgIpc) is 2.74. The maximum Gasteiger partial charge on any atom is 0.191 e. The molecule has 20 heavy (non-hydrogen) atoms. The Morgan fingerprint density at radius 3 is 2.30 bits per heavy atom. The monoisotopic (exact) mass is 280 g/mol. The van der Waals surface area contributed by atoms with Crippen molar-refractivity contribution in [3.05, 3.63) is 0 Å². The number of hydrogen-bond acceptors (Lipinski definition) is 4. The van der Waals surface area contributed by atoms with Crippen molar-refractivity contribution >= 4 is 5.96 Å². The molecule has 0 bridgehead atoms. The topological polar surface area (TPSA) is 44.9 Å². The third-order valence-electron chi connectivity index (χ3n) is 5.20. The summed E-state index contributed by atoms with van der Waals surface area (Å²) >= 11 is 0. The first kappa shape index (κ1) is 15.6. The Kier molecular flexibility index (Phi) is 5.70. The number of nitrogens with zero attached hydrogens (tertiary/aromatic N) is 3. The van der Waals surface area contributed by atoms with Gasteiger partial charge in [0.25, 0.3) is 0 Å². The minimum atomic E-state index is 0.248. The molecular weight excluding hydrogens is 248 g/mol. The van der Waals surface area contributed by atoms with Crippen molar-refractivity contribution in [2.75, 3.05) is 32.7 Å². The lowest BCUT2D eigenvalue weighted by Gasteiger charge is -2.41. The van der Waals surface area contributed by atoms with Gasteiger partial charge in [-0.3, -0.25) is 4.99 Å². The molecule has 116 valence electrons. The van der Waals surface area contributed by atoms with E-state index in [0.29, 0.717) is 0 Å². The van der Waals surface area contributed by atoms with Gasteiger partial charge >= 0.3 is 0 Å². The van der Waals surface area contributed by atoms with E-state index in [4.69, 9.17) is 5.73 Å². The summed E-state index contributed by atoms with van der Waals surface area (Å²) in [5.74, 6) is 0.790. The summed E-state index contributed by atoms with van der Waals surface area (Å²) in [6.07, 6.45) is 9.39. The molecule has 4 heteroatoms. The number of guanidine groups is 1. The van der Waals surface area contributed by atoms with Crippen molar-refractivity contribution in [3.8, 4) is 0 Å². The summed E-state index contributed by atoms with van der Waals surface area (Å²) in [5, 5.41) is 0. The fourth-order valence-electron chi connectivity index (χ4n) is 3.77. The number of nitrogens with two attached hydrogens (primary N) is 1. The van der Waals surface area contributed by atoms with Crippen LogP contribution in [0.25, 0.3) is 0 Å². The Morgan fingerprint density at radius 1 is 1.10 bits per heavy atom. The van der Waals surface area contributed by atoms with E-state index in [1.807, 2.05) is 0 Å². The molecule has 1 aliphatic carbocycles. The summed E-state index contributed by atoms with van der Waals surface area (Å²) in [6, 6.07) is 0. The van der Waals surface area contributed by atoms with Crippen LogP contribution in [0.4, 0.5) is 0 Å². The third kappa shape index (κ3) is 3.46. The standard InChI is InChI=1S/C16H32N4/c1-3-19(4-2)12-13-20-15(17)18-14-16(20)10-8-6-5-7-9-11-16/h3-14H2,1-2H3,(H2,17,18). The van der Waals surface area contributed by atoms with Gasteiger partial charge in [0.2, 0.25) is 0 Å². The first-order valence-electron chi connectivity index (χ1n) is 8.52. The van der Waals surface area contributed by atoms with Gasteiger partial charge in [-0.25, -0.2) is 0 Å². The molecule has 0 amide bonds. The van der Waals surface area contributed by atoms with Crippen molar-refractivity contribution in [2.24, 2.45) is 10.7 Å². The second-order valence-electron chi connectivity index (χ2n) is 6.35. The van der Waals surface area contributed by atoms with Crippen LogP contribution in [0, 0.1) is 0 Å². The van der Waals surface area contributed by atoms with Gasteiger partial charge in [-0.1, -0.05) is 46.0 Å². The van der Waals surface area contributed by atoms with Gasteiger partial charge in [-0.05, 0) is 25.9 Å². The lowest BCUT2D eigenvalue weighted by molar-refractivity contribution is 0.139. The largest absolute Gasteiger partial charge is 0.370 e. The van der Waals surface area contributed by atoms with Crippen LogP contribution in [-0.2, 0) is 0 Å². The van der Waals surface area contributed by atoms with Crippen molar-refractivity contribution in [1.29, 1.82) is 0 Å². The molecule has 0 atom stereocenters. The number of likely N-dealkylation sites (N-methyl/N-ethyl adjacent to an activating group) is 1. The molecule has 4 nitrogen and oxygen atoms in total. The van der Waals surface area contributed by atoms with Crippen LogP contribution in [0.1, 0.15) is 58.8 Å². The van der Waals surface area contributed by atoms with Gasteiger partial charge in [0.1, 0.15) is 0 Å². The molecule has 2 rings (SSSR count). The summed E-state index contributed by atoms with van der Waals surface area (Å²) in [4.78, 5) is 9.51. The van der Waals surface area contributed by atoms with Crippen molar-refractivity contribution in [2.45, 2.75) is 64.3 Å². The highest BCUT2D eigenvalue weighted by molar-refractivity contribution is 5.81. The number of rotatable bonds is 5. The molecule has 0 aromatic carbocycles. The zero-order valence-electron chi connectivity index (χ0n) is 13.4. The molecule has 0 radical (unpaired) electrons. The van der Waals surface area contributed by atoms with Gasteiger partial charge in [-0.2, -0.15) is 0 Å². The van der Waals surface area contributed by atoms with Crippen LogP contribution < -0.4 is 5.73 Å². The molecule has 1 saturated carbocycles. The maximum atomic E-state index is 6.20. The zero-order valence-corrected chi connectivity index (χ0v) is 13.4. The van der Waals surface area contributed by atoms with E-state index in [1.165, 1.54) is 44.9 Å². The molecule has 1 heterocycles.